The molecule has 1 heterocycles. The molecule has 0 bridgehead atoms. The lowest BCUT2D eigenvalue weighted by Gasteiger charge is -2.31. The van der Waals surface area contributed by atoms with Crippen molar-refractivity contribution < 1.29 is 14.7 Å². The summed E-state index contributed by atoms with van der Waals surface area (Å²) in [7, 11) is 1.77. The van der Waals surface area contributed by atoms with Crippen molar-refractivity contribution in [1.29, 1.82) is 0 Å². The molecule has 0 saturated carbocycles. The zero-order valence-electron chi connectivity index (χ0n) is 12.1. The predicted molar refractivity (Wildman–Crippen MR) is 74.1 cm³/mol. The number of carbonyl (C=O) groups is 2. The van der Waals surface area contributed by atoms with Crippen LogP contribution in [0.25, 0.3) is 0 Å². The molecular formula is C14H26N2O3. The van der Waals surface area contributed by atoms with Crippen LogP contribution in [0.3, 0.4) is 0 Å². The summed E-state index contributed by atoms with van der Waals surface area (Å²) < 4.78 is 0. The van der Waals surface area contributed by atoms with Gasteiger partial charge in [-0.2, -0.15) is 0 Å². The number of nitrogens with zero attached hydrogens (tertiary/aromatic N) is 2. The van der Waals surface area contributed by atoms with Gasteiger partial charge in [0.15, 0.2) is 0 Å². The Morgan fingerprint density at radius 1 is 1.26 bits per heavy atom. The van der Waals surface area contributed by atoms with Crippen LogP contribution in [0, 0.1) is 0 Å². The first-order chi connectivity index (χ1) is 9.07. The number of carboxylic acids is 1. The lowest BCUT2D eigenvalue weighted by molar-refractivity contribution is -0.142. The fraction of sp³-hybridized carbons (Fsp3) is 0.857. The molecule has 5 heteroatoms. The molecule has 2 amide bonds. The molecule has 1 rings (SSSR count). The first-order valence-electron chi connectivity index (χ1n) is 7.32. The van der Waals surface area contributed by atoms with E-state index >= 15 is 0 Å². The molecule has 0 aromatic heterocycles. The summed E-state index contributed by atoms with van der Waals surface area (Å²) in [6.45, 7) is 3.39. The second-order valence-corrected chi connectivity index (χ2v) is 5.31. The van der Waals surface area contributed by atoms with Crippen LogP contribution in [0.1, 0.15) is 51.9 Å². The number of hydrogen-bond donors (Lipinski definition) is 1. The Balaban J connectivity index is 2.61. The number of urea groups is 1. The largest absolute Gasteiger partial charge is 0.480 e. The average molecular weight is 270 g/mol. The fourth-order valence-corrected chi connectivity index (χ4v) is 2.51. The van der Waals surface area contributed by atoms with Crippen molar-refractivity contribution in [3.63, 3.8) is 0 Å². The minimum absolute atomic E-state index is 0.134. The zero-order valence-corrected chi connectivity index (χ0v) is 12.1. The molecular weight excluding hydrogens is 244 g/mol. The molecule has 1 unspecified atom stereocenters. The van der Waals surface area contributed by atoms with Crippen LogP contribution in [-0.4, -0.2) is 53.1 Å². The highest BCUT2D eigenvalue weighted by Gasteiger charge is 2.32. The van der Waals surface area contributed by atoms with Crippen LogP contribution in [0.2, 0.25) is 0 Å². The van der Waals surface area contributed by atoms with Crippen molar-refractivity contribution in [3.8, 4) is 0 Å². The number of rotatable bonds is 5. The van der Waals surface area contributed by atoms with E-state index in [0.717, 1.165) is 38.5 Å². The van der Waals surface area contributed by atoms with E-state index in [4.69, 9.17) is 0 Å². The number of likely N-dealkylation sites (tertiary alicyclic amines) is 1. The predicted octanol–water partition coefficient (Wildman–Crippen LogP) is 2.56. The summed E-state index contributed by atoms with van der Waals surface area (Å²) in [6.07, 6.45) is 6.56. The van der Waals surface area contributed by atoms with Gasteiger partial charge in [-0.05, 0) is 19.3 Å². The molecule has 1 saturated heterocycles. The molecule has 0 aliphatic carbocycles. The highest BCUT2D eigenvalue weighted by atomic mass is 16.4. The van der Waals surface area contributed by atoms with Gasteiger partial charge in [-0.15, -0.1) is 0 Å². The van der Waals surface area contributed by atoms with E-state index in [1.54, 1.807) is 16.8 Å². The normalized spacial score (nSPS) is 19.9. The van der Waals surface area contributed by atoms with Crippen molar-refractivity contribution >= 4 is 12.0 Å². The van der Waals surface area contributed by atoms with E-state index in [0.29, 0.717) is 19.5 Å². The lowest BCUT2D eigenvalue weighted by atomic mass is 10.1. The third-order valence-corrected chi connectivity index (χ3v) is 3.71. The van der Waals surface area contributed by atoms with Gasteiger partial charge in [0.1, 0.15) is 6.04 Å². The van der Waals surface area contributed by atoms with Crippen molar-refractivity contribution in [2.75, 3.05) is 20.1 Å². The van der Waals surface area contributed by atoms with Crippen LogP contribution in [0.5, 0.6) is 0 Å². The zero-order chi connectivity index (χ0) is 14.3. The Morgan fingerprint density at radius 2 is 2.00 bits per heavy atom. The highest BCUT2D eigenvalue weighted by molar-refractivity contribution is 5.82. The summed E-state index contributed by atoms with van der Waals surface area (Å²) in [4.78, 5) is 26.8. The summed E-state index contributed by atoms with van der Waals surface area (Å²) in [5.41, 5.74) is 0. The molecule has 0 aromatic rings. The summed E-state index contributed by atoms with van der Waals surface area (Å²) in [5.74, 6) is -0.878. The second kappa shape index (κ2) is 8.02. The molecule has 1 N–H and O–H groups in total. The van der Waals surface area contributed by atoms with Gasteiger partial charge in [-0.3, -0.25) is 0 Å². The van der Waals surface area contributed by atoms with Crippen molar-refractivity contribution in [1.82, 2.24) is 9.80 Å². The standard InChI is InChI=1S/C14H26N2O3/c1-3-4-7-10-15(2)14(19)16-11-8-5-6-9-12(16)13(17)18/h12H,3-11H2,1-2H3,(H,17,18). The van der Waals surface area contributed by atoms with Crippen LogP contribution < -0.4 is 0 Å². The molecule has 1 aliphatic heterocycles. The van der Waals surface area contributed by atoms with E-state index in [2.05, 4.69) is 6.92 Å². The SMILES string of the molecule is CCCCCN(C)C(=O)N1CCCCCC1C(=O)O. The Hall–Kier alpha value is -1.26. The van der Waals surface area contributed by atoms with Gasteiger partial charge in [0.25, 0.3) is 0 Å². The fourth-order valence-electron chi connectivity index (χ4n) is 2.51. The number of carboxylic acid groups (broad SMARTS) is 1. The number of unbranched alkanes of at least 4 members (excludes halogenated alkanes) is 2. The van der Waals surface area contributed by atoms with Gasteiger partial charge in [0, 0.05) is 20.1 Å². The third kappa shape index (κ3) is 4.73. The first kappa shape index (κ1) is 15.8. The van der Waals surface area contributed by atoms with E-state index in [1.165, 1.54) is 0 Å². The summed E-state index contributed by atoms with van der Waals surface area (Å²) in [6, 6.07) is -0.783. The van der Waals surface area contributed by atoms with E-state index < -0.39 is 12.0 Å². The Morgan fingerprint density at radius 3 is 2.63 bits per heavy atom. The summed E-state index contributed by atoms with van der Waals surface area (Å²) in [5, 5.41) is 9.27. The van der Waals surface area contributed by atoms with Crippen molar-refractivity contribution in [2.45, 2.75) is 57.9 Å². The topological polar surface area (TPSA) is 60.9 Å². The van der Waals surface area contributed by atoms with E-state index in [-0.39, 0.29) is 6.03 Å². The maximum Gasteiger partial charge on any atom is 0.326 e. The monoisotopic (exact) mass is 270 g/mol. The van der Waals surface area contributed by atoms with Crippen LogP contribution in [0.15, 0.2) is 0 Å². The molecule has 19 heavy (non-hydrogen) atoms. The van der Waals surface area contributed by atoms with Gasteiger partial charge >= 0.3 is 12.0 Å². The molecule has 0 spiro atoms. The molecule has 1 fully saturated rings. The third-order valence-electron chi connectivity index (χ3n) is 3.71. The van der Waals surface area contributed by atoms with E-state index in [1.807, 2.05) is 0 Å². The molecule has 0 radical (unpaired) electrons. The Labute approximate surface area is 115 Å². The van der Waals surface area contributed by atoms with Gasteiger partial charge in [-0.1, -0.05) is 32.6 Å². The van der Waals surface area contributed by atoms with E-state index in [9.17, 15) is 14.7 Å². The van der Waals surface area contributed by atoms with Crippen LogP contribution in [0.4, 0.5) is 4.79 Å². The quantitative estimate of drug-likeness (QED) is 0.781. The number of amides is 2. The maximum atomic E-state index is 12.3. The Bertz CT molecular complexity index is 307. The molecule has 1 atom stereocenters. The average Bonchev–Trinajstić information content (AvgIpc) is 2.63. The minimum atomic E-state index is -0.878. The van der Waals surface area contributed by atoms with Gasteiger partial charge in [0.05, 0.1) is 0 Å². The van der Waals surface area contributed by atoms with Crippen LogP contribution in [-0.2, 0) is 4.79 Å². The number of carbonyl (C=O) groups excluding carboxylic acids is 1. The molecule has 0 aromatic carbocycles. The van der Waals surface area contributed by atoms with Gasteiger partial charge in [-0.25, -0.2) is 9.59 Å². The minimum Gasteiger partial charge on any atom is -0.480 e. The lowest BCUT2D eigenvalue weighted by Crippen LogP contribution is -2.50. The van der Waals surface area contributed by atoms with Crippen LogP contribution >= 0.6 is 0 Å². The number of aliphatic carboxylic acids is 1. The maximum absolute atomic E-state index is 12.3. The smallest absolute Gasteiger partial charge is 0.326 e. The summed E-state index contributed by atoms with van der Waals surface area (Å²) >= 11 is 0. The van der Waals surface area contributed by atoms with Gasteiger partial charge < -0.3 is 14.9 Å². The molecule has 110 valence electrons. The molecule has 1 aliphatic rings. The van der Waals surface area contributed by atoms with Crippen molar-refractivity contribution in [2.24, 2.45) is 0 Å². The Kier molecular flexibility index (Phi) is 6.67. The van der Waals surface area contributed by atoms with Crippen molar-refractivity contribution in [3.05, 3.63) is 0 Å². The van der Waals surface area contributed by atoms with Gasteiger partial charge in [0.2, 0.25) is 0 Å². The number of hydrogen-bond acceptors (Lipinski definition) is 2. The molecule has 5 nitrogen and oxygen atoms in total. The highest BCUT2D eigenvalue weighted by Crippen LogP contribution is 2.18. The first-order valence-corrected chi connectivity index (χ1v) is 7.32. The second-order valence-electron chi connectivity index (χ2n) is 5.31.